The molecule has 5 aromatic carbocycles. The number of hydrogen-bond acceptors (Lipinski definition) is 11. The first-order chi connectivity index (χ1) is 31.9. The zero-order chi connectivity index (χ0) is 47.6. The Bertz CT molecular complexity index is 2870. The average Bonchev–Trinajstić information content (AvgIpc) is 3.61. The van der Waals surface area contributed by atoms with E-state index in [0.717, 1.165) is 5.69 Å². The fourth-order valence-electron chi connectivity index (χ4n) is 9.60. The summed E-state index contributed by atoms with van der Waals surface area (Å²) >= 11 is 17.2. The van der Waals surface area contributed by atoms with Crippen LogP contribution in [0.5, 0.6) is 23.0 Å². The minimum absolute atomic E-state index is 0. The molecule has 0 aromatic heterocycles. The molecule has 71 heavy (non-hydrogen) atoms. The molecule has 4 heterocycles. The first-order valence-corrected chi connectivity index (χ1v) is 26.9. The Hall–Kier alpha value is -1.29. The minimum atomic E-state index is -1.38. The molecule has 0 bridgehead atoms. The molecule has 1 spiro atoms. The van der Waals surface area contributed by atoms with Gasteiger partial charge in [-0.3, -0.25) is 0 Å². The smallest absolute Gasteiger partial charge is 1.00 e. The van der Waals surface area contributed by atoms with Crippen molar-refractivity contribution in [1.29, 1.82) is 0 Å². The molecule has 0 saturated heterocycles. The van der Waals surface area contributed by atoms with Crippen LogP contribution >= 0.6 is 87.2 Å². The second-order valence-electron chi connectivity index (χ2n) is 18.0. The van der Waals surface area contributed by atoms with Gasteiger partial charge in [-0.15, -0.1) is 23.5 Å². The van der Waals surface area contributed by atoms with Gasteiger partial charge in [-0.25, -0.2) is 13.9 Å². The van der Waals surface area contributed by atoms with Crippen LogP contribution in [-0.2, 0) is 10.3 Å². The van der Waals surface area contributed by atoms with Gasteiger partial charge in [0.05, 0.1) is 14.5 Å². The van der Waals surface area contributed by atoms with Crippen LogP contribution in [0, 0.1) is 0 Å². The summed E-state index contributed by atoms with van der Waals surface area (Å²) < 4.78 is 17.5. The number of carbonyl (C=O) groups excluding carboxylic acids is 1. The Kier molecular flexibility index (Phi) is 21.2. The number of fused-ring (bicyclic) bond motifs is 10. The van der Waals surface area contributed by atoms with Gasteiger partial charge in [-0.1, -0.05) is 61.6 Å². The second kappa shape index (κ2) is 24.8. The van der Waals surface area contributed by atoms with Crippen LogP contribution in [-0.4, -0.2) is 91.4 Å². The van der Waals surface area contributed by atoms with Crippen molar-refractivity contribution in [2.24, 2.45) is 0 Å². The average molecular weight is 1320 g/mol. The molecule has 6 aliphatic rings. The van der Waals surface area contributed by atoms with Gasteiger partial charge in [0.2, 0.25) is 0 Å². The number of nitrogens with one attached hydrogen (secondary N) is 2. The molecule has 2 fully saturated rings. The molecule has 4 unspecified atom stereocenters. The van der Waals surface area contributed by atoms with E-state index in [9.17, 15) is 15.0 Å². The number of hydrogen-bond donors (Lipinski definition) is 3. The molecule has 2 saturated carbocycles. The van der Waals surface area contributed by atoms with Crippen LogP contribution in [0.25, 0.3) is 0 Å². The van der Waals surface area contributed by atoms with Gasteiger partial charge < -0.3 is 65.8 Å². The molecular weight excluding hydrogens is 1270 g/mol. The van der Waals surface area contributed by atoms with E-state index < -0.39 is 11.6 Å². The number of nitrogens with zero attached hydrogens (tertiary/aromatic N) is 3. The zero-order valence-corrected chi connectivity index (χ0v) is 54.0. The molecule has 2 aliphatic carbocycles. The maximum absolute atomic E-state index is 12.8. The van der Waals surface area contributed by atoms with Crippen LogP contribution in [0.15, 0.2) is 100 Å². The number of esters is 1. The number of halogens is 6. The van der Waals surface area contributed by atoms with Gasteiger partial charge >= 0.3 is 65.1 Å². The molecule has 5 aromatic rings. The summed E-state index contributed by atoms with van der Waals surface area (Å²) in [5.41, 5.74) is 14.3. The molecule has 0 amide bonds. The van der Waals surface area contributed by atoms with Crippen LogP contribution in [0.4, 0.5) is 22.7 Å². The van der Waals surface area contributed by atoms with Crippen LogP contribution in [0.3, 0.4) is 0 Å². The van der Waals surface area contributed by atoms with Gasteiger partial charge in [0.1, 0.15) is 39.7 Å². The van der Waals surface area contributed by atoms with Gasteiger partial charge in [-0.05, 0) is 99.3 Å². The molecule has 0 radical (unpaired) electrons. The van der Waals surface area contributed by atoms with E-state index in [1.165, 1.54) is 65.4 Å². The number of ether oxygens (including phenoxy) is 2. The SMILES string of the molecule is CN(C)c1ccc2c(c1)SC1CC(=[N+](C)C)CCC1N2.C[N+](C)=C1CCC2Nc3ccc(N)cc3SC2C1.O=C1OC2(c3ccccc31)c1cc(Br)c([O-])c(Br)c1Oc1c2cc(Br)c([O-])c1Br.[Cl-].[Cl-].[Na+].[Na+]. The number of nitrogens with two attached hydrogens (primary N) is 1. The third-order valence-electron chi connectivity index (χ3n) is 13.2. The molecule has 21 heteroatoms. The maximum atomic E-state index is 12.8. The molecule has 4 aliphatic heterocycles. The Morgan fingerprint density at radius 1 is 0.704 bits per heavy atom. The predicted molar refractivity (Wildman–Crippen MR) is 282 cm³/mol. The summed E-state index contributed by atoms with van der Waals surface area (Å²) in [6, 6.07) is 24.4. The van der Waals surface area contributed by atoms with Crippen molar-refractivity contribution >= 4 is 127 Å². The minimum Gasteiger partial charge on any atom is -1.00 e. The molecular formula is C50H50Br4Cl2N6Na2O5S2. The maximum Gasteiger partial charge on any atom is 1.00 e. The van der Waals surface area contributed by atoms with Crippen molar-refractivity contribution in [1.82, 2.24) is 0 Å². The first-order valence-electron chi connectivity index (χ1n) is 22.0. The van der Waals surface area contributed by atoms with E-state index in [0.29, 0.717) is 44.8 Å². The van der Waals surface area contributed by atoms with Crippen LogP contribution < -0.4 is 120 Å². The number of benzene rings is 5. The summed E-state index contributed by atoms with van der Waals surface area (Å²) in [6.45, 7) is 0. The van der Waals surface area contributed by atoms with Crippen LogP contribution in [0.2, 0.25) is 0 Å². The van der Waals surface area contributed by atoms with Crippen molar-refractivity contribution in [3.63, 3.8) is 0 Å². The van der Waals surface area contributed by atoms with Crippen LogP contribution in [0.1, 0.15) is 65.6 Å². The van der Waals surface area contributed by atoms with Crippen molar-refractivity contribution in [3.8, 4) is 23.0 Å². The van der Waals surface area contributed by atoms with E-state index >= 15 is 0 Å². The number of anilines is 4. The fraction of sp³-hybridized carbons (Fsp3) is 0.340. The molecule has 4 atom stereocenters. The normalized spacial score (nSPS) is 19.8. The van der Waals surface area contributed by atoms with E-state index in [4.69, 9.17) is 15.2 Å². The fourth-order valence-corrected chi connectivity index (χ4v) is 14.8. The number of thioether (sulfide) groups is 2. The van der Waals surface area contributed by atoms with Gasteiger partial charge in [0.25, 0.3) is 0 Å². The van der Waals surface area contributed by atoms with Crippen molar-refractivity contribution < 1.29 is 118 Å². The standard InChI is InChI=1S/C20H8Br4O5.C16H24N3S.C14H20N3S.2ClH.2Na/c21-11-5-9-17(13(23)15(11)25)28-18-10(6-12(22)16(26)14(18)24)20(9)8-4-2-1-3-7(8)19(27)29-20;1-18(2)11-5-7-13-15(9-11)20-16-10-12(19(3)4)6-8-14(16)17-13;1-17(2)10-4-6-12-14(8-10)18-13-7-9(15)3-5-11(13)16-12;;;;/h1-6,25-26H;5,7,9,14,16-17H,6,8,10H2,1-4H3;3,5,7,12,14,16H,4,6,8,15H2,1-2H3;2*1H;;/q;2*+1;;;2*+1/p-4. The van der Waals surface area contributed by atoms with Crippen molar-refractivity contribution in [2.75, 3.05) is 63.6 Å². The zero-order valence-electron chi connectivity index (χ0n) is 40.5. The molecule has 11 nitrogen and oxygen atoms in total. The van der Waals surface area contributed by atoms with Crippen molar-refractivity contribution in [3.05, 3.63) is 113 Å². The van der Waals surface area contributed by atoms with Gasteiger partial charge in [-0.2, -0.15) is 0 Å². The Labute approximate surface area is 514 Å². The second-order valence-corrected chi connectivity index (χ2v) is 23.9. The van der Waals surface area contributed by atoms with Gasteiger partial charge in [0, 0.05) is 121 Å². The van der Waals surface area contributed by atoms with Gasteiger partial charge in [0.15, 0.2) is 17.0 Å². The van der Waals surface area contributed by atoms with Crippen molar-refractivity contribution in [2.45, 2.75) is 76.5 Å². The topological polar surface area (TPSA) is 141 Å². The third kappa shape index (κ3) is 11.8. The quantitative estimate of drug-likeness (QED) is 0.0808. The Balaban J connectivity index is 0.000000199. The summed E-state index contributed by atoms with van der Waals surface area (Å²) in [7, 11) is 12.9. The summed E-state index contributed by atoms with van der Waals surface area (Å²) in [5.74, 6) is -0.766. The number of carbonyl (C=O) groups is 1. The van der Waals surface area contributed by atoms with E-state index in [2.05, 4.69) is 173 Å². The number of rotatable bonds is 1. The third-order valence-corrected chi connectivity index (χ3v) is 18.6. The first kappa shape index (κ1) is 60.6. The predicted octanol–water partition coefficient (Wildman–Crippen LogP) is -1.21. The summed E-state index contributed by atoms with van der Waals surface area (Å²) in [4.78, 5) is 17.7. The summed E-state index contributed by atoms with van der Waals surface area (Å²) in [6.07, 6.45) is 7.32. The van der Waals surface area contributed by atoms with E-state index in [-0.39, 0.29) is 125 Å². The summed E-state index contributed by atoms with van der Waals surface area (Å²) in [5, 5.41) is 33.8. The largest absolute Gasteiger partial charge is 1.00 e. The molecule has 11 rings (SSSR count). The Morgan fingerprint density at radius 3 is 1.68 bits per heavy atom. The van der Waals surface area contributed by atoms with E-state index in [1.54, 1.807) is 47.8 Å². The monoisotopic (exact) mass is 1310 g/mol. The molecule has 4 N–H and O–H groups in total. The Morgan fingerprint density at radius 2 is 1.18 bits per heavy atom. The molecule has 366 valence electrons. The number of nitrogen functional groups attached to an aromatic ring is 1. The van der Waals surface area contributed by atoms with E-state index in [1.807, 2.05) is 17.8 Å².